The number of carbonyl (C=O) groups excluding carboxylic acids is 1. The molecule has 3 unspecified atom stereocenters. The highest BCUT2D eigenvalue weighted by Crippen LogP contribution is 2.48. The van der Waals surface area contributed by atoms with E-state index in [0.717, 1.165) is 30.1 Å². The number of ether oxygens (including phenoxy) is 2. The predicted octanol–water partition coefficient (Wildman–Crippen LogP) is 3.37. The highest BCUT2D eigenvalue weighted by Gasteiger charge is 2.57. The fraction of sp³-hybridized carbons (Fsp3) is 0.520. The van der Waals surface area contributed by atoms with E-state index in [4.69, 9.17) is 9.47 Å². The Hall–Kier alpha value is -2.94. The molecular weight excluding hydrogens is 444 g/mol. The van der Waals surface area contributed by atoms with Gasteiger partial charge in [-0.05, 0) is 43.7 Å². The minimum Gasteiger partial charge on any atom is -0.491 e. The lowest BCUT2D eigenvalue weighted by Crippen LogP contribution is -2.33. The number of aliphatic hydroxyl groups excluding tert-OH is 1. The van der Waals surface area contributed by atoms with Crippen LogP contribution in [-0.2, 0) is 4.79 Å². The number of pyridine rings is 1. The number of rotatable bonds is 10. The summed E-state index contributed by atoms with van der Waals surface area (Å²) in [5.74, 6) is -1.70. The van der Waals surface area contributed by atoms with Crippen molar-refractivity contribution in [3.63, 3.8) is 0 Å². The maximum atomic E-state index is 13.0. The van der Waals surface area contributed by atoms with Crippen molar-refractivity contribution in [3.8, 4) is 11.5 Å². The fourth-order valence-electron chi connectivity index (χ4n) is 3.90. The molecule has 184 valence electrons. The molecule has 7 nitrogen and oxygen atoms in total. The first-order chi connectivity index (χ1) is 16.2. The van der Waals surface area contributed by atoms with Crippen LogP contribution in [0.15, 0.2) is 42.6 Å². The Morgan fingerprint density at radius 1 is 1.24 bits per heavy atom. The number of aliphatic hydroxyl groups is 1. The highest BCUT2D eigenvalue weighted by molar-refractivity contribution is 5.83. The molecule has 1 aliphatic heterocycles. The van der Waals surface area contributed by atoms with Gasteiger partial charge in [0.1, 0.15) is 23.4 Å². The largest absolute Gasteiger partial charge is 0.491 e. The van der Waals surface area contributed by atoms with Crippen molar-refractivity contribution >= 4 is 11.7 Å². The van der Waals surface area contributed by atoms with Gasteiger partial charge >= 0.3 is 0 Å². The van der Waals surface area contributed by atoms with Crippen molar-refractivity contribution < 1.29 is 28.2 Å². The third kappa shape index (κ3) is 6.14. The van der Waals surface area contributed by atoms with Gasteiger partial charge in [0.05, 0.1) is 37.3 Å². The molecule has 2 N–H and O–H groups in total. The molecule has 2 fully saturated rings. The van der Waals surface area contributed by atoms with Gasteiger partial charge in [-0.25, -0.2) is 13.8 Å². The molecule has 2 aromatic rings. The number of alkyl halides is 2. The van der Waals surface area contributed by atoms with Crippen LogP contribution in [0.2, 0.25) is 0 Å². The average molecular weight is 476 g/mol. The van der Waals surface area contributed by atoms with Gasteiger partial charge in [-0.15, -0.1) is 0 Å². The normalized spacial score (nSPS) is 22.7. The predicted molar refractivity (Wildman–Crippen MR) is 124 cm³/mol. The Morgan fingerprint density at radius 3 is 2.56 bits per heavy atom. The molecule has 1 aromatic heterocycles. The van der Waals surface area contributed by atoms with E-state index in [2.05, 4.69) is 15.2 Å². The Bertz CT molecular complexity index is 969. The van der Waals surface area contributed by atoms with Crippen LogP contribution in [0.4, 0.5) is 14.6 Å². The second kappa shape index (κ2) is 10.1. The van der Waals surface area contributed by atoms with Crippen LogP contribution in [0.25, 0.3) is 0 Å². The number of nitrogens with one attached hydrogen (secondary N) is 1. The number of carbonyl (C=O) groups is 1. The van der Waals surface area contributed by atoms with Crippen molar-refractivity contribution in [2.45, 2.75) is 50.7 Å². The minimum absolute atomic E-state index is 0.00689. The van der Waals surface area contributed by atoms with Crippen molar-refractivity contribution in [1.82, 2.24) is 10.3 Å². The molecule has 1 saturated carbocycles. The zero-order chi connectivity index (χ0) is 24.3. The van der Waals surface area contributed by atoms with Gasteiger partial charge in [0.15, 0.2) is 0 Å². The number of benzene rings is 1. The summed E-state index contributed by atoms with van der Waals surface area (Å²) in [6, 6.07) is 11.1. The second-order valence-corrected chi connectivity index (χ2v) is 9.18. The van der Waals surface area contributed by atoms with Crippen LogP contribution in [0.3, 0.4) is 0 Å². The SMILES string of the molecule is CC(C(=O)NC[C@H](C)O)c1ccc(OC2CCN(c3ccc(OCC4CC4(F)F)cn3)C2)cc1. The number of anilines is 1. The number of halogens is 2. The van der Waals surface area contributed by atoms with E-state index in [1.54, 1.807) is 19.2 Å². The van der Waals surface area contributed by atoms with Crippen molar-refractivity contribution in [1.29, 1.82) is 0 Å². The van der Waals surface area contributed by atoms with Gasteiger partial charge in [-0.2, -0.15) is 0 Å². The van der Waals surface area contributed by atoms with Gasteiger partial charge in [-0.1, -0.05) is 12.1 Å². The average Bonchev–Trinajstić information content (AvgIpc) is 3.19. The summed E-state index contributed by atoms with van der Waals surface area (Å²) in [4.78, 5) is 18.7. The van der Waals surface area contributed by atoms with Gasteiger partial charge in [-0.3, -0.25) is 4.79 Å². The molecule has 2 aliphatic rings. The third-order valence-corrected chi connectivity index (χ3v) is 6.24. The van der Waals surface area contributed by atoms with Gasteiger partial charge in [0, 0.05) is 25.9 Å². The number of nitrogens with zero attached hydrogens (tertiary/aromatic N) is 2. The molecule has 9 heteroatoms. The summed E-state index contributed by atoms with van der Waals surface area (Å²) in [5, 5.41) is 12.0. The molecule has 0 bridgehead atoms. The summed E-state index contributed by atoms with van der Waals surface area (Å²) in [7, 11) is 0. The van der Waals surface area contributed by atoms with E-state index < -0.39 is 17.9 Å². The first-order valence-corrected chi connectivity index (χ1v) is 11.7. The summed E-state index contributed by atoms with van der Waals surface area (Å²) < 4.78 is 37.5. The summed E-state index contributed by atoms with van der Waals surface area (Å²) in [5.41, 5.74) is 0.875. The quantitative estimate of drug-likeness (QED) is 0.548. The lowest BCUT2D eigenvalue weighted by molar-refractivity contribution is -0.122. The Kier molecular flexibility index (Phi) is 7.21. The monoisotopic (exact) mass is 475 g/mol. The maximum Gasteiger partial charge on any atom is 0.255 e. The maximum absolute atomic E-state index is 13.0. The van der Waals surface area contributed by atoms with Crippen LogP contribution in [0.1, 0.15) is 38.2 Å². The van der Waals surface area contributed by atoms with E-state index >= 15 is 0 Å². The molecule has 1 aliphatic carbocycles. The van der Waals surface area contributed by atoms with Gasteiger partial charge in [0.25, 0.3) is 5.92 Å². The van der Waals surface area contributed by atoms with Crippen LogP contribution < -0.4 is 19.7 Å². The third-order valence-electron chi connectivity index (χ3n) is 6.24. The van der Waals surface area contributed by atoms with E-state index in [1.807, 2.05) is 37.3 Å². The van der Waals surface area contributed by atoms with Gasteiger partial charge in [0.2, 0.25) is 5.91 Å². The first kappa shape index (κ1) is 24.2. The van der Waals surface area contributed by atoms with Crippen molar-refractivity contribution in [2.24, 2.45) is 5.92 Å². The summed E-state index contributed by atoms with van der Waals surface area (Å²) in [6.45, 7) is 5.17. The number of hydrogen-bond donors (Lipinski definition) is 2. The topological polar surface area (TPSA) is 83.9 Å². The summed E-state index contributed by atoms with van der Waals surface area (Å²) in [6.07, 6.45) is 1.74. The number of hydrogen-bond acceptors (Lipinski definition) is 6. The molecule has 4 atom stereocenters. The van der Waals surface area contributed by atoms with Crippen LogP contribution >= 0.6 is 0 Å². The zero-order valence-corrected chi connectivity index (χ0v) is 19.4. The molecule has 1 amide bonds. The standard InChI is InChI=1S/C25H31F2N3O4/c1-16(31)12-29-24(32)17(2)18-3-5-20(6-4-18)34-22-9-10-30(14-22)23-8-7-21(13-28-23)33-15-19-11-25(19,26)27/h3-8,13,16-17,19,22,31H,9-12,14-15H2,1-2H3,(H,29,32)/t16-,17?,19?,22?/m0/s1. The van der Waals surface area contributed by atoms with E-state index in [9.17, 15) is 18.7 Å². The van der Waals surface area contributed by atoms with Gasteiger partial charge < -0.3 is 24.8 Å². The lowest BCUT2D eigenvalue weighted by atomic mass is 10.0. The first-order valence-electron chi connectivity index (χ1n) is 11.7. The Balaban J connectivity index is 1.24. The molecule has 0 spiro atoms. The van der Waals surface area contributed by atoms with E-state index in [-0.39, 0.29) is 37.5 Å². The van der Waals surface area contributed by atoms with E-state index in [1.165, 1.54) is 0 Å². The van der Waals surface area contributed by atoms with Crippen LogP contribution in [-0.4, -0.2) is 60.4 Å². The second-order valence-electron chi connectivity index (χ2n) is 9.18. The molecule has 1 saturated heterocycles. The van der Waals surface area contributed by atoms with Crippen LogP contribution in [0, 0.1) is 5.92 Å². The molecule has 4 rings (SSSR count). The Labute approximate surface area is 198 Å². The smallest absolute Gasteiger partial charge is 0.255 e. The molecule has 34 heavy (non-hydrogen) atoms. The zero-order valence-electron chi connectivity index (χ0n) is 19.4. The molecular formula is C25H31F2N3O4. The Morgan fingerprint density at radius 2 is 1.94 bits per heavy atom. The molecule has 0 radical (unpaired) electrons. The minimum atomic E-state index is -2.58. The van der Waals surface area contributed by atoms with Crippen LogP contribution in [0.5, 0.6) is 11.5 Å². The lowest BCUT2D eigenvalue weighted by Gasteiger charge is -2.19. The summed E-state index contributed by atoms with van der Waals surface area (Å²) >= 11 is 0. The number of amides is 1. The van der Waals surface area contributed by atoms with Crippen molar-refractivity contribution in [3.05, 3.63) is 48.2 Å². The van der Waals surface area contributed by atoms with Crippen molar-refractivity contribution in [2.75, 3.05) is 31.1 Å². The number of aromatic nitrogens is 1. The highest BCUT2D eigenvalue weighted by atomic mass is 19.3. The molecule has 2 heterocycles. The molecule has 1 aromatic carbocycles. The van der Waals surface area contributed by atoms with E-state index in [0.29, 0.717) is 12.3 Å². The fourth-order valence-corrected chi connectivity index (χ4v) is 3.90.